The first-order valence-corrected chi connectivity index (χ1v) is 9.30. The number of fused-ring (bicyclic) bond motifs is 2. The number of benzene rings is 2. The van der Waals surface area contributed by atoms with Crippen molar-refractivity contribution in [1.29, 1.82) is 0 Å². The molecule has 1 aliphatic rings. The Kier molecular flexibility index (Phi) is 4.72. The zero-order chi connectivity index (χ0) is 20.9. The fourth-order valence-electron chi connectivity index (χ4n) is 3.69. The molecule has 0 spiro atoms. The quantitative estimate of drug-likeness (QED) is 0.679. The molecule has 0 saturated carbocycles. The Balaban J connectivity index is 2.02. The van der Waals surface area contributed by atoms with Gasteiger partial charge in [0.2, 0.25) is 5.76 Å². The standard InChI is InChI=1S/C21H18ClNO6/c1-10-7-15-12(9-13(10)22)19(26)17-18(11-3-4-14(25)16(8-11)28-2)23(5-6-24)21(27)20(17)29-15/h3-4,7-9,18,24-25H,5-6H2,1-2H3/t18-/m0/s1. The number of rotatable bonds is 4. The largest absolute Gasteiger partial charge is 0.504 e. The first kappa shape index (κ1) is 19.3. The van der Waals surface area contributed by atoms with Gasteiger partial charge in [0.1, 0.15) is 5.58 Å². The lowest BCUT2D eigenvalue weighted by molar-refractivity contribution is 0.0691. The third-order valence-electron chi connectivity index (χ3n) is 5.11. The Morgan fingerprint density at radius 2 is 2.00 bits per heavy atom. The Labute approximate surface area is 170 Å². The number of phenols is 1. The molecule has 1 aliphatic heterocycles. The Morgan fingerprint density at radius 3 is 2.69 bits per heavy atom. The van der Waals surface area contributed by atoms with E-state index in [1.807, 2.05) is 0 Å². The van der Waals surface area contributed by atoms with E-state index in [0.717, 1.165) is 5.56 Å². The molecule has 2 N–H and O–H groups in total. The van der Waals surface area contributed by atoms with Crippen molar-refractivity contribution in [2.45, 2.75) is 13.0 Å². The summed E-state index contributed by atoms with van der Waals surface area (Å²) in [5, 5.41) is 20.1. The van der Waals surface area contributed by atoms with Crippen LogP contribution in [0.4, 0.5) is 0 Å². The Bertz CT molecular complexity index is 1200. The molecule has 0 saturated heterocycles. The van der Waals surface area contributed by atoms with Crippen molar-refractivity contribution in [3.8, 4) is 11.5 Å². The fourth-order valence-corrected chi connectivity index (χ4v) is 3.85. The minimum Gasteiger partial charge on any atom is -0.504 e. The SMILES string of the molecule is COc1cc([C@H]2c3c(oc4cc(C)c(Cl)cc4c3=O)C(=O)N2CCO)ccc1O. The van der Waals surface area contributed by atoms with Crippen LogP contribution in [0.1, 0.15) is 33.3 Å². The number of β-amino-alcohol motifs (C(OH)–C–C–N with tert-alkyl or cyclic N) is 1. The summed E-state index contributed by atoms with van der Waals surface area (Å²) >= 11 is 6.19. The molecule has 1 amide bonds. The molecule has 150 valence electrons. The maximum absolute atomic E-state index is 13.3. The van der Waals surface area contributed by atoms with Crippen LogP contribution in [0.25, 0.3) is 11.0 Å². The van der Waals surface area contributed by atoms with Crippen LogP contribution < -0.4 is 10.2 Å². The lowest BCUT2D eigenvalue weighted by Gasteiger charge is -2.24. The van der Waals surface area contributed by atoms with Gasteiger partial charge < -0.3 is 24.3 Å². The van der Waals surface area contributed by atoms with Crippen LogP contribution in [0.3, 0.4) is 0 Å². The van der Waals surface area contributed by atoms with Crippen molar-refractivity contribution in [3.05, 3.63) is 68.0 Å². The number of aliphatic hydroxyl groups excluding tert-OH is 1. The first-order chi connectivity index (χ1) is 13.9. The van der Waals surface area contributed by atoms with E-state index in [2.05, 4.69) is 0 Å². The van der Waals surface area contributed by atoms with Crippen LogP contribution in [0.2, 0.25) is 5.02 Å². The van der Waals surface area contributed by atoms with Gasteiger partial charge in [-0.3, -0.25) is 9.59 Å². The molecule has 0 fully saturated rings. The number of halogens is 1. The fraction of sp³-hybridized carbons (Fsp3) is 0.238. The predicted octanol–water partition coefficient (Wildman–Crippen LogP) is 3.01. The second kappa shape index (κ2) is 7.09. The van der Waals surface area contributed by atoms with Crippen molar-refractivity contribution >= 4 is 28.5 Å². The van der Waals surface area contributed by atoms with Crippen LogP contribution in [0.15, 0.2) is 39.5 Å². The average Bonchev–Trinajstić information content (AvgIpc) is 2.97. The number of phenolic OH excluding ortho intramolecular Hbond substituents is 1. The number of ether oxygens (including phenoxy) is 1. The van der Waals surface area contributed by atoms with Crippen LogP contribution in [0.5, 0.6) is 11.5 Å². The van der Waals surface area contributed by atoms with Gasteiger partial charge in [-0.1, -0.05) is 17.7 Å². The Morgan fingerprint density at radius 1 is 1.24 bits per heavy atom. The van der Waals surface area contributed by atoms with Crippen molar-refractivity contribution in [1.82, 2.24) is 4.90 Å². The van der Waals surface area contributed by atoms with Crippen molar-refractivity contribution in [2.24, 2.45) is 0 Å². The maximum atomic E-state index is 13.3. The molecule has 0 bridgehead atoms. The molecule has 1 aromatic heterocycles. The molecule has 3 aromatic rings. The first-order valence-electron chi connectivity index (χ1n) is 8.93. The number of hydrogen-bond acceptors (Lipinski definition) is 6. The van der Waals surface area contributed by atoms with E-state index in [1.54, 1.807) is 25.1 Å². The topological polar surface area (TPSA) is 100 Å². The number of carbonyl (C=O) groups excluding carboxylic acids is 1. The number of aromatic hydroxyl groups is 1. The maximum Gasteiger partial charge on any atom is 0.290 e. The zero-order valence-electron chi connectivity index (χ0n) is 15.7. The highest BCUT2D eigenvalue weighted by molar-refractivity contribution is 6.32. The number of methoxy groups -OCH3 is 1. The van der Waals surface area contributed by atoms with Gasteiger partial charge in [-0.2, -0.15) is 0 Å². The van der Waals surface area contributed by atoms with Gasteiger partial charge in [-0.25, -0.2) is 0 Å². The summed E-state index contributed by atoms with van der Waals surface area (Å²) in [6.07, 6.45) is 0. The highest BCUT2D eigenvalue weighted by Crippen LogP contribution is 2.40. The lowest BCUT2D eigenvalue weighted by atomic mass is 9.98. The molecule has 0 aliphatic carbocycles. The number of aryl methyl sites for hydroxylation is 1. The number of aliphatic hydroxyl groups is 1. The van der Waals surface area contributed by atoms with Crippen LogP contribution >= 0.6 is 11.6 Å². The third-order valence-corrected chi connectivity index (χ3v) is 5.51. The second-order valence-corrected chi connectivity index (χ2v) is 7.23. The molecule has 2 heterocycles. The van der Waals surface area contributed by atoms with Crippen molar-refractivity contribution < 1.29 is 24.2 Å². The molecule has 29 heavy (non-hydrogen) atoms. The van der Waals surface area contributed by atoms with E-state index in [9.17, 15) is 19.8 Å². The van der Waals surface area contributed by atoms with E-state index in [1.165, 1.54) is 24.1 Å². The molecule has 1 atom stereocenters. The molecule has 0 radical (unpaired) electrons. The molecule has 4 rings (SSSR count). The lowest BCUT2D eigenvalue weighted by Crippen LogP contribution is -2.32. The summed E-state index contributed by atoms with van der Waals surface area (Å²) in [7, 11) is 1.41. The highest BCUT2D eigenvalue weighted by atomic mass is 35.5. The second-order valence-electron chi connectivity index (χ2n) is 6.83. The van der Waals surface area contributed by atoms with Gasteiger partial charge >= 0.3 is 0 Å². The predicted molar refractivity (Wildman–Crippen MR) is 107 cm³/mol. The van der Waals surface area contributed by atoms with Gasteiger partial charge in [0.25, 0.3) is 5.91 Å². The summed E-state index contributed by atoms with van der Waals surface area (Å²) in [6.45, 7) is 1.50. The summed E-state index contributed by atoms with van der Waals surface area (Å²) < 4.78 is 11.0. The summed E-state index contributed by atoms with van der Waals surface area (Å²) in [5.74, 6) is -0.411. The van der Waals surface area contributed by atoms with Crippen LogP contribution in [0, 0.1) is 6.92 Å². The van der Waals surface area contributed by atoms with Crippen molar-refractivity contribution in [3.63, 3.8) is 0 Å². The van der Waals surface area contributed by atoms with Gasteiger partial charge in [0.15, 0.2) is 16.9 Å². The van der Waals surface area contributed by atoms with Crippen molar-refractivity contribution in [2.75, 3.05) is 20.3 Å². The van der Waals surface area contributed by atoms with Gasteiger partial charge in [0.05, 0.1) is 30.7 Å². The number of hydrogen-bond donors (Lipinski definition) is 2. The summed E-state index contributed by atoms with van der Waals surface area (Å²) in [4.78, 5) is 27.7. The monoisotopic (exact) mass is 415 g/mol. The molecule has 0 unspecified atom stereocenters. The minimum atomic E-state index is -0.792. The highest BCUT2D eigenvalue weighted by Gasteiger charge is 2.42. The van der Waals surface area contributed by atoms with E-state index in [0.29, 0.717) is 10.6 Å². The summed E-state index contributed by atoms with van der Waals surface area (Å²) in [6, 6.07) is 6.95. The van der Waals surface area contributed by atoms with Gasteiger partial charge in [-0.05, 0) is 42.3 Å². The van der Waals surface area contributed by atoms with Crippen LogP contribution in [-0.2, 0) is 0 Å². The molecular weight excluding hydrogens is 398 g/mol. The molecular formula is C21H18ClNO6. The molecule has 8 heteroatoms. The molecule has 2 aromatic carbocycles. The van der Waals surface area contributed by atoms with E-state index in [4.69, 9.17) is 20.8 Å². The smallest absolute Gasteiger partial charge is 0.290 e. The van der Waals surface area contributed by atoms with Crippen LogP contribution in [-0.4, -0.2) is 41.3 Å². The normalized spacial score (nSPS) is 15.8. The number of nitrogens with zero attached hydrogens (tertiary/aromatic N) is 1. The zero-order valence-corrected chi connectivity index (χ0v) is 16.5. The molecule has 7 nitrogen and oxygen atoms in total. The average molecular weight is 416 g/mol. The third kappa shape index (κ3) is 2.94. The van der Waals surface area contributed by atoms with E-state index < -0.39 is 11.9 Å². The van der Waals surface area contributed by atoms with Gasteiger partial charge in [0, 0.05) is 11.6 Å². The van der Waals surface area contributed by atoms with E-state index >= 15 is 0 Å². The van der Waals surface area contributed by atoms with Gasteiger partial charge in [-0.15, -0.1) is 0 Å². The minimum absolute atomic E-state index is 0.00641. The Hall–Kier alpha value is -3.03. The number of amides is 1. The summed E-state index contributed by atoms with van der Waals surface area (Å²) in [5.41, 5.74) is 1.35. The number of carbonyl (C=O) groups is 1. The van der Waals surface area contributed by atoms with E-state index in [-0.39, 0.29) is 52.4 Å².